The van der Waals surface area contributed by atoms with E-state index >= 15 is 0 Å². The molecule has 4 aliphatic rings. The molecular formula is C11H17NO3. The van der Waals surface area contributed by atoms with E-state index in [-0.39, 0.29) is 17.6 Å². The summed E-state index contributed by atoms with van der Waals surface area (Å²) in [6.07, 6.45) is 4.21. The number of nitrogens with one attached hydrogen (secondary N) is 1. The summed E-state index contributed by atoms with van der Waals surface area (Å²) in [5, 5.41) is 21.1. The normalized spacial score (nSPS) is 51.0. The highest BCUT2D eigenvalue weighted by atomic mass is 16.4. The van der Waals surface area contributed by atoms with E-state index in [1.807, 2.05) is 0 Å². The number of aliphatic hydroxyl groups is 1. The van der Waals surface area contributed by atoms with Crippen molar-refractivity contribution in [2.24, 2.45) is 17.3 Å². The molecule has 0 saturated heterocycles. The first kappa shape index (κ1) is 9.46. The summed E-state index contributed by atoms with van der Waals surface area (Å²) in [7, 11) is 0. The van der Waals surface area contributed by atoms with Crippen LogP contribution in [0.15, 0.2) is 0 Å². The quantitative estimate of drug-likeness (QED) is 0.642. The highest BCUT2D eigenvalue weighted by molar-refractivity contribution is 5.66. The fourth-order valence-electron chi connectivity index (χ4n) is 4.67. The lowest BCUT2D eigenvalue weighted by molar-refractivity contribution is 0.0549. The van der Waals surface area contributed by atoms with Crippen LogP contribution in [0.4, 0.5) is 4.79 Å². The SMILES string of the molecule is O=C(O)NC12CC3CC1CC(CO)(C3)C2. The van der Waals surface area contributed by atoms with Gasteiger partial charge in [0, 0.05) is 12.1 Å². The average molecular weight is 211 g/mol. The van der Waals surface area contributed by atoms with Gasteiger partial charge in [0.1, 0.15) is 0 Å². The Morgan fingerprint density at radius 1 is 1.40 bits per heavy atom. The topological polar surface area (TPSA) is 69.6 Å². The Balaban J connectivity index is 1.91. The van der Waals surface area contributed by atoms with Crippen LogP contribution >= 0.6 is 0 Å². The average Bonchev–Trinajstić information content (AvgIpc) is 2.48. The van der Waals surface area contributed by atoms with Gasteiger partial charge in [-0.15, -0.1) is 0 Å². The second kappa shape index (κ2) is 2.67. The molecule has 3 N–H and O–H groups in total. The standard InChI is InChI=1S/C11H17NO3/c13-6-10-2-7-1-8(4-10)11(3-7,5-10)12-9(14)15/h7-8,12-13H,1-6H2,(H,14,15). The third-order valence-corrected chi connectivity index (χ3v) is 4.84. The van der Waals surface area contributed by atoms with E-state index < -0.39 is 6.09 Å². The van der Waals surface area contributed by atoms with Crippen molar-refractivity contribution in [3.63, 3.8) is 0 Å². The molecule has 0 aromatic rings. The molecule has 0 aromatic carbocycles. The number of hydrogen-bond acceptors (Lipinski definition) is 2. The van der Waals surface area contributed by atoms with Gasteiger partial charge in [-0.1, -0.05) is 0 Å². The van der Waals surface area contributed by atoms with Gasteiger partial charge < -0.3 is 15.5 Å². The maximum atomic E-state index is 10.8. The molecule has 15 heavy (non-hydrogen) atoms. The van der Waals surface area contributed by atoms with Gasteiger partial charge in [0.15, 0.2) is 0 Å². The van der Waals surface area contributed by atoms with Crippen LogP contribution in [-0.4, -0.2) is 28.5 Å². The Bertz CT molecular complexity index is 319. The second-order valence-electron chi connectivity index (χ2n) is 5.83. The lowest BCUT2D eigenvalue weighted by atomic mass is 9.69. The van der Waals surface area contributed by atoms with Gasteiger partial charge in [-0.3, -0.25) is 0 Å². The van der Waals surface area contributed by atoms with Crippen molar-refractivity contribution in [3.05, 3.63) is 0 Å². The van der Waals surface area contributed by atoms with Crippen molar-refractivity contribution < 1.29 is 15.0 Å². The van der Waals surface area contributed by atoms with E-state index in [1.54, 1.807) is 0 Å². The largest absolute Gasteiger partial charge is 0.465 e. The summed E-state index contributed by atoms with van der Waals surface area (Å²) in [6.45, 7) is 0.225. The van der Waals surface area contributed by atoms with Crippen molar-refractivity contribution in [2.75, 3.05) is 6.61 Å². The van der Waals surface area contributed by atoms with Gasteiger partial charge in [0.05, 0.1) is 0 Å². The molecule has 4 saturated carbocycles. The number of hydrogen-bond donors (Lipinski definition) is 3. The second-order valence-corrected chi connectivity index (χ2v) is 5.83. The monoisotopic (exact) mass is 211 g/mol. The third kappa shape index (κ3) is 1.14. The van der Waals surface area contributed by atoms with Gasteiger partial charge in [-0.05, 0) is 49.4 Å². The smallest absolute Gasteiger partial charge is 0.405 e. The minimum absolute atomic E-state index is 0.0360. The van der Waals surface area contributed by atoms with E-state index in [1.165, 1.54) is 0 Å². The zero-order valence-corrected chi connectivity index (χ0v) is 8.70. The summed E-state index contributed by atoms with van der Waals surface area (Å²) in [5.41, 5.74) is -0.161. The molecule has 0 aromatic heterocycles. The van der Waals surface area contributed by atoms with Gasteiger partial charge in [-0.2, -0.15) is 0 Å². The zero-order chi connectivity index (χ0) is 10.7. The molecule has 84 valence electrons. The molecule has 0 spiro atoms. The van der Waals surface area contributed by atoms with E-state index in [2.05, 4.69) is 5.32 Å². The minimum atomic E-state index is -0.906. The molecule has 0 aliphatic heterocycles. The van der Waals surface area contributed by atoms with E-state index in [4.69, 9.17) is 5.11 Å². The molecule has 4 heteroatoms. The Morgan fingerprint density at radius 3 is 2.87 bits per heavy atom. The van der Waals surface area contributed by atoms with Crippen LogP contribution < -0.4 is 5.32 Å². The van der Waals surface area contributed by atoms with Crippen LogP contribution in [0.5, 0.6) is 0 Å². The predicted octanol–water partition coefficient (Wildman–Crippen LogP) is 1.20. The summed E-state index contributed by atoms with van der Waals surface area (Å²) in [4.78, 5) is 10.8. The van der Waals surface area contributed by atoms with E-state index in [9.17, 15) is 9.90 Å². The molecule has 4 aliphatic carbocycles. The van der Waals surface area contributed by atoms with Crippen molar-refractivity contribution in [3.8, 4) is 0 Å². The Kier molecular flexibility index (Phi) is 1.68. The van der Waals surface area contributed by atoms with E-state index in [0.717, 1.165) is 32.1 Å². The fraction of sp³-hybridized carbons (Fsp3) is 0.909. The van der Waals surface area contributed by atoms with Gasteiger partial charge in [-0.25, -0.2) is 4.79 Å². The van der Waals surface area contributed by atoms with Crippen LogP contribution in [0.25, 0.3) is 0 Å². The summed E-state index contributed by atoms with van der Waals surface area (Å²) in [5.74, 6) is 1.11. The first-order valence-electron chi connectivity index (χ1n) is 5.70. The van der Waals surface area contributed by atoms with Crippen molar-refractivity contribution in [1.29, 1.82) is 0 Å². The van der Waals surface area contributed by atoms with Gasteiger partial charge in [0.25, 0.3) is 0 Å². The Labute approximate surface area is 88.7 Å². The summed E-state index contributed by atoms with van der Waals surface area (Å²) in [6, 6.07) is 0. The number of aliphatic hydroxyl groups excluding tert-OH is 1. The molecule has 4 unspecified atom stereocenters. The van der Waals surface area contributed by atoms with Crippen LogP contribution in [0.3, 0.4) is 0 Å². The summed E-state index contributed by atoms with van der Waals surface area (Å²) >= 11 is 0. The van der Waals surface area contributed by atoms with Crippen LogP contribution in [0.1, 0.15) is 32.1 Å². The maximum absolute atomic E-state index is 10.8. The summed E-state index contributed by atoms with van der Waals surface area (Å²) < 4.78 is 0. The van der Waals surface area contributed by atoms with Crippen molar-refractivity contribution in [2.45, 2.75) is 37.6 Å². The Morgan fingerprint density at radius 2 is 2.20 bits per heavy atom. The van der Waals surface area contributed by atoms with Crippen LogP contribution in [-0.2, 0) is 0 Å². The highest BCUT2D eigenvalue weighted by Gasteiger charge is 2.64. The number of carbonyl (C=O) groups is 1. The fourth-order valence-corrected chi connectivity index (χ4v) is 4.67. The van der Waals surface area contributed by atoms with E-state index in [0.29, 0.717) is 11.8 Å². The lowest BCUT2D eigenvalue weighted by Gasteiger charge is -2.39. The number of rotatable bonds is 2. The van der Waals surface area contributed by atoms with Crippen LogP contribution in [0.2, 0.25) is 0 Å². The molecule has 0 radical (unpaired) electrons. The first-order valence-corrected chi connectivity index (χ1v) is 5.70. The molecule has 4 atom stereocenters. The predicted molar refractivity (Wildman–Crippen MR) is 53.5 cm³/mol. The zero-order valence-electron chi connectivity index (χ0n) is 8.70. The van der Waals surface area contributed by atoms with Crippen molar-refractivity contribution in [1.82, 2.24) is 5.32 Å². The number of amides is 1. The third-order valence-electron chi connectivity index (χ3n) is 4.84. The molecule has 1 amide bonds. The molecule has 4 bridgehead atoms. The molecule has 0 heterocycles. The number of carboxylic acid groups (broad SMARTS) is 1. The first-order chi connectivity index (χ1) is 7.07. The molecular weight excluding hydrogens is 194 g/mol. The molecule has 4 nitrogen and oxygen atoms in total. The minimum Gasteiger partial charge on any atom is -0.465 e. The van der Waals surface area contributed by atoms with Crippen molar-refractivity contribution >= 4 is 6.09 Å². The Hall–Kier alpha value is -0.770. The molecule has 4 rings (SSSR count). The van der Waals surface area contributed by atoms with Crippen LogP contribution in [0, 0.1) is 17.3 Å². The van der Waals surface area contributed by atoms with Gasteiger partial charge >= 0.3 is 6.09 Å². The lowest BCUT2D eigenvalue weighted by Crippen LogP contribution is -2.50. The molecule has 4 fully saturated rings. The van der Waals surface area contributed by atoms with Gasteiger partial charge in [0.2, 0.25) is 0 Å². The highest BCUT2D eigenvalue weighted by Crippen LogP contribution is 2.65. The maximum Gasteiger partial charge on any atom is 0.405 e.